The molecular weight excluding hydrogens is 622 g/mol. The molecule has 2 aliphatic heterocycles. The van der Waals surface area contributed by atoms with Crippen molar-refractivity contribution in [1.29, 1.82) is 0 Å². The van der Waals surface area contributed by atoms with E-state index in [4.69, 9.17) is 14.2 Å². The van der Waals surface area contributed by atoms with Crippen molar-refractivity contribution in [3.8, 4) is 0 Å². The second kappa shape index (κ2) is 12.1. The molecular formula is C12H16NO21S4-5. The third kappa shape index (κ3) is 10.7. The molecule has 224 valence electrons. The first-order chi connectivity index (χ1) is 17.0. The first kappa shape index (κ1) is 33.0. The van der Waals surface area contributed by atoms with Gasteiger partial charge in [0.15, 0.2) is 16.6 Å². The van der Waals surface area contributed by atoms with Gasteiger partial charge in [0.05, 0.1) is 37.4 Å². The van der Waals surface area contributed by atoms with E-state index in [-0.39, 0.29) is 0 Å². The molecule has 0 aromatic heterocycles. The summed E-state index contributed by atoms with van der Waals surface area (Å²) in [6, 6.07) is -2.37. The summed E-state index contributed by atoms with van der Waals surface area (Å²) < 4.78 is 161. The topological polar surface area (TPSA) is 357 Å². The zero-order valence-corrected chi connectivity index (χ0v) is 21.3. The van der Waals surface area contributed by atoms with Crippen LogP contribution in [0.15, 0.2) is 0 Å². The Labute approximate surface area is 214 Å². The zero-order valence-electron chi connectivity index (χ0n) is 18.0. The molecule has 0 amide bonds. The molecule has 2 aliphatic rings. The Hall–Kier alpha value is -1.21. The number of nitrogens with one attached hydrogen (secondary N) is 1. The molecule has 0 spiro atoms. The van der Waals surface area contributed by atoms with E-state index in [1.165, 1.54) is 4.72 Å². The Kier molecular flexibility index (Phi) is 10.5. The van der Waals surface area contributed by atoms with E-state index in [1.807, 2.05) is 0 Å². The summed E-state index contributed by atoms with van der Waals surface area (Å²) in [5.41, 5.74) is 0. The fourth-order valence-electron chi connectivity index (χ4n) is 3.37. The summed E-state index contributed by atoms with van der Waals surface area (Å²) in [5.74, 6) is -2.15. The maximum Gasteiger partial charge on any atom is 0.218 e. The van der Waals surface area contributed by atoms with Crippen LogP contribution >= 0.6 is 0 Å². The highest BCUT2D eigenvalue weighted by Gasteiger charge is 2.49. The molecule has 2 rings (SSSR count). The van der Waals surface area contributed by atoms with Gasteiger partial charge in [-0.2, -0.15) is 0 Å². The van der Waals surface area contributed by atoms with E-state index in [9.17, 15) is 66.9 Å². The number of carboxylic acid groups (broad SMARTS) is 1. The summed E-state index contributed by atoms with van der Waals surface area (Å²) in [7, 11) is -22.3. The van der Waals surface area contributed by atoms with Crippen LogP contribution in [0.25, 0.3) is 0 Å². The maximum atomic E-state index is 11.5. The molecule has 38 heavy (non-hydrogen) atoms. The minimum Gasteiger partial charge on any atom is -0.735 e. The summed E-state index contributed by atoms with van der Waals surface area (Å²) in [6.07, 6.45) is -16.9. The quantitative estimate of drug-likeness (QED) is 0.148. The Morgan fingerprint density at radius 2 is 1.47 bits per heavy atom. The summed E-state index contributed by atoms with van der Waals surface area (Å²) >= 11 is 0. The third-order valence-electron chi connectivity index (χ3n) is 4.66. The molecule has 0 radical (unpaired) electrons. The third-order valence-corrected chi connectivity index (χ3v) is 6.61. The zero-order chi connectivity index (χ0) is 29.3. The summed E-state index contributed by atoms with van der Waals surface area (Å²) in [4.78, 5) is 11.5. The van der Waals surface area contributed by atoms with Gasteiger partial charge < -0.3 is 47.4 Å². The van der Waals surface area contributed by atoms with Gasteiger partial charge in [-0.3, -0.25) is 12.5 Å². The lowest BCUT2D eigenvalue weighted by Crippen LogP contribution is -2.65. The number of aliphatic carboxylic acids is 1. The Bertz CT molecular complexity index is 1280. The first-order valence-corrected chi connectivity index (χ1v) is 14.9. The van der Waals surface area contributed by atoms with Crippen LogP contribution in [0.1, 0.15) is 6.42 Å². The van der Waals surface area contributed by atoms with Gasteiger partial charge in [0.1, 0.15) is 24.4 Å². The second-order valence-corrected chi connectivity index (χ2v) is 11.6. The predicted octanol–water partition coefficient (Wildman–Crippen LogP) is -7.42. The van der Waals surface area contributed by atoms with Gasteiger partial charge in [0.25, 0.3) is 0 Å². The second-order valence-electron chi connectivity index (χ2n) is 7.40. The number of rotatable bonds is 12. The molecule has 2 N–H and O–H groups in total. The molecule has 8 atom stereocenters. The van der Waals surface area contributed by atoms with Crippen LogP contribution in [-0.2, 0) is 73.1 Å². The smallest absolute Gasteiger partial charge is 0.218 e. The van der Waals surface area contributed by atoms with Crippen molar-refractivity contribution < 1.29 is 93.6 Å². The molecule has 2 heterocycles. The number of aliphatic hydroxyl groups is 1. The van der Waals surface area contributed by atoms with E-state index in [0.29, 0.717) is 0 Å². The van der Waals surface area contributed by atoms with Crippen molar-refractivity contribution in [2.45, 2.75) is 55.4 Å². The Balaban J connectivity index is 2.49. The molecule has 2 saturated heterocycles. The summed E-state index contributed by atoms with van der Waals surface area (Å²) in [5, 5.41) is 21.9. The van der Waals surface area contributed by atoms with Crippen LogP contribution in [0, 0.1) is 0 Å². The Morgan fingerprint density at radius 3 is 1.95 bits per heavy atom. The minimum atomic E-state index is -5.72. The van der Waals surface area contributed by atoms with Gasteiger partial charge in [0.2, 0.25) is 31.2 Å². The van der Waals surface area contributed by atoms with Crippen molar-refractivity contribution in [2.75, 3.05) is 13.2 Å². The van der Waals surface area contributed by atoms with E-state index in [1.54, 1.807) is 0 Å². The lowest BCUT2D eigenvalue weighted by Gasteiger charge is -2.46. The molecule has 0 bridgehead atoms. The molecule has 0 saturated carbocycles. The number of carbonyl (C=O) groups is 1. The number of aliphatic hydroxyl groups excluding tert-OH is 1. The monoisotopic (exact) mass is 638 g/mol. The fourth-order valence-corrected chi connectivity index (χ4v) is 5.26. The fraction of sp³-hybridized carbons (Fsp3) is 0.917. The van der Waals surface area contributed by atoms with Crippen LogP contribution in [0.5, 0.6) is 0 Å². The highest BCUT2D eigenvalue weighted by atomic mass is 32.3. The van der Waals surface area contributed by atoms with Crippen molar-refractivity contribution >= 4 is 47.5 Å². The molecule has 22 nitrogen and oxygen atoms in total. The molecule has 0 aliphatic carbocycles. The van der Waals surface area contributed by atoms with Crippen LogP contribution in [-0.4, -0.2) is 125 Å². The largest absolute Gasteiger partial charge is 0.735 e. The number of carbonyl (C=O) groups excluding carboxylic acids is 1. The normalized spacial score (nSPS) is 33.6. The predicted molar refractivity (Wildman–Crippen MR) is 100 cm³/mol. The SMILES string of the molecule is O=C([O-])C1OCC(OS(=O)(=O)[O-])C(O)C1OC1OC(COS(=O)(=O)[O-])CC(OS(=O)(=O)[O-])C1NS(=O)(=O)[O-]. The van der Waals surface area contributed by atoms with Gasteiger partial charge >= 0.3 is 0 Å². The first-order valence-electron chi connectivity index (χ1n) is 9.47. The number of carboxylic acids is 1. The van der Waals surface area contributed by atoms with Crippen molar-refractivity contribution in [1.82, 2.24) is 4.72 Å². The van der Waals surface area contributed by atoms with Crippen LogP contribution < -0.4 is 9.83 Å². The maximum absolute atomic E-state index is 11.5. The standard InChI is InChI=1S/C12H21NO21S4/c14-8-6(34-38(26,27)28)3-29-10(11(15)16)9(8)32-12-7(13-35(17,18)19)5(33-37(23,24)25)1-4(31-12)2-30-36(20,21)22/h4-10,12-14H,1-3H2,(H,15,16)(H,17,18,19)(H,20,21,22)(H,23,24,25)(H,26,27,28)/p-5. The van der Waals surface area contributed by atoms with Crippen molar-refractivity contribution in [3.05, 3.63) is 0 Å². The average Bonchev–Trinajstić information content (AvgIpc) is 2.68. The molecule has 26 heteroatoms. The van der Waals surface area contributed by atoms with Crippen molar-refractivity contribution in [2.24, 2.45) is 0 Å². The van der Waals surface area contributed by atoms with Gasteiger partial charge in [-0.05, 0) is 0 Å². The number of ether oxygens (including phenoxy) is 3. The van der Waals surface area contributed by atoms with Gasteiger partial charge in [-0.25, -0.2) is 38.4 Å². The van der Waals surface area contributed by atoms with Gasteiger partial charge in [-0.1, -0.05) is 0 Å². The van der Waals surface area contributed by atoms with E-state index < -0.39 is 116 Å². The molecule has 0 aromatic carbocycles. The molecule has 0 aromatic rings. The van der Waals surface area contributed by atoms with Crippen LogP contribution in [0.2, 0.25) is 0 Å². The van der Waals surface area contributed by atoms with Gasteiger partial charge in [-0.15, -0.1) is 0 Å². The van der Waals surface area contributed by atoms with Crippen LogP contribution in [0.3, 0.4) is 0 Å². The highest BCUT2D eigenvalue weighted by molar-refractivity contribution is 7.83. The van der Waals surface area contributed by atoms with E-state index in [0.717, 1.165) is 0 Å². The average molecular weight is 639 g/mol. The van der Waals surface area contributed by atoms with E-state index in [2.05, 4.69) is 12.5 Å². The Morgan fingerprint density at radius 1 is 0.921 bits per heavy atom. The van der Waals surface area contributed by atoms with Crippen LogP contribution in [0.4, 0.5) is 0 Å². The summed E-state index contributed by atoms with van der Waals surface area (Å²) in [6.45, 7) is -2.31. The minimum absolute atomic E-state index is 0.974. The van der Waals surface area contributed by atoms with Gasteiger partial charge in [0, 0.05) is 6.42 Å². The lowest BCUT2D eigenvalue weighted by atomic mass is 9.98. The molecule has 2 fully saturated rings. The van der Waals surface area contributed by atoms with Crippen molar-refractivity contribution in [3.63, 3.8) is 0 Å². The van der Waals surface area contributed by atoms with E-state index >= 15 is 0 Å². The molecule has 8 unspecified atom stereocenters. The highest BCUT2D eigenvalue weighted by Crippen LogP contribution is 2.30. The number of hydrogen-bond acceptors (Lipinski definition) is 21. The number of hydrogen-bond donors (Lipinski definition) is 2. The lowest BCUT2D eigenvalue weighted by molar-refractivity contribution is -0.339.